The minimum atomic E-state index is -0.602. The van der Waals surface area contributed by atoms with Crippen molar-refractivity contribution >= 4 is 11.6 Å². The van der Waals surface area contributed by atoms with Gasteiger partial charge < -0.3 is 10.1 Å². The van der Waals surface area contributed by atoms with Gasteiger partial charge in [-0.2, -0.15) is 0 Å². The largest absolute Gasteiger partial charge is 0.474 e. The van der Waals surface area contributed by atoms with Crippen LogP contribution in [-0.4, -0.2) is 5.91 Å². The average molecular weight is 327 g/mol. The number of ether oxygens (including phenoxy) is 1. The van der Waals surface area contributed by atoms with Crippen LogP contribution in [0, 0.1) is 0 Å². The first-order valence-electron chi connectivity index (χ1n) is 8.58. The Balaban J connectivity index is 1.62. The summed E-state index contributed by atoms with van der Waals surface area (Å²) in [5, 5.41) is 2.97. The number of fused-ring (bicyclic) bond motifs is 4. The monoisotopic (exact) mass is 327 g/mol. The maximum atomic E-state index is 12.7. The molecule has 2 aliphatic rings. The molecular formula is C22H17NO2. The number of rotatable bonds is 1. The zero-order valence-corrected chi connectivity index (χ0v) is 13.7. The zero-order chi connectivity index (χ0) is 16.8. The normalized spacial score (nSPS) is 17.6. The van der Waals surface area contributed by atoms with E-state index in [-0.39, 0.29) is 5.91 Å². The highest BCUT2D eigenvalue weighted by atomic mass is 16.5. The molecule has 1 atom stereocenters. The maximum Gasteiger partial charge on any atom is 0.270 e. The first kappa shape index (κ1) is 14.3. The van der Waals surface area contributed by atoms with Crippen molar-refractivity contribution in [1.29, 1.82) is 0 Å². The maximum absolute atomic E-state index is 12.7. The summed E-state index contributed by atoms with van der Waals surface area (Å²) in [7, 11) is 0. The summed E-state index contributed by atoms with van der Waals surface area (Å²) in [6, 6.07) is 22.3. The van der Waals surface area contributed by atoms with Crippen LogP contribution in [0.3, 0.4) is 0 Å². The van der Waals surface area contributed by atoms with Crippen LogP contribution in [0.25, 0.3) is 11.1 Å². The minimum absolute atomic E-state index is 0.106. The second-order valence-corrected chi connectivity index (χ2v) is 6.51. The fourth-order valence-electron chi connectivity index (χ4n) is 3.90. The molecule has 3 nitrogen and oxygen atoms in total. The van der Waals surface area contributed by atoms with E-state index >= 15 is 0 Å². The molecule has 0 aromatic heterocycles. The first-order chi connectivity index (χ1) is 12.3. The third kappa shape index (κ3) is 2.23. The molecule has 1 N–H and O–H groups in total. The van der Waals surface area contributed by atoms with Gasteiger partial charge in [-0.05, 0) is 47.2 Å². The summed E-state index contributed by atoms with van der Waals surface area (Å²) < 4.78 is 6.07. The van der Waals surface area contributed by atoms with Gasteiger partial charge in [-0.1, -0.05) is 54.6 Å². The Hall–Kier alpha value is -3.07. The summed E-state index contributed by atoms with van der Waals surface area (Å²) in [6.07, 6.45) is 1.32. The third-order valence-electron chi connectivity index (χ3n) is 5.07. The molecule has 3 aromatic rings. The Morgan fingerprint density at radius 2 is 1.64 bits per heavy atom. The van der Waals surface area contributed by atoms with Gasteiger partial charge in [0.15, 0.2) is 0 Å². The van der Waals surface area contributed by atoms with Crippen molar-refractivity contribution in [3.05, 3.63) is 83.4 Å². The number of benzene rings is 3. The zero-order valence-electron chi connectivity index (χ0n) is 13.7. The molecule has 5 rings (SSSR count). The van der Waals surface area contributed by atoms with Gasteiger partial charge in [-0.3, -0.25) is 4.79 Å². The van der Waals surface area contributed by atoms with E-state index in [1.54, 1.807) is 0 Å². The summed E-state index contributed by atoms with van der Waals surface area (Å²) >= 11 is 0. The number of nitrogens with one attached hydrogen (secondary N) is 1. The number of anilines is 1. The second-order valence-electron chi connectivity index (χ2n) is 6.51. The van der Waals surface area contributed by atoms with Crippen LogP contribution in [0.15, 0.2) is 66.7 Å². The van der Waals surface area contributed by atoms with Gasteiger partial charge >= 0.3 is 0 Å². The SMILES string of the molecule is O=C1Nc2ccccc2OC1c1cccc2c1CCc1ccccc1-2. The fourth-order valence-corrected chi connectivity index (χ4v) is 3.90. The van der Waals surface area contributed by atoms with Gasteiger partial charge in [0.25, 0.3) is 5.91 Å². The highest BCUT2D eigenvalue weighted by molar-refractivity contribution is 5.98. The molecule has 1 unspecified atom stereocenters. The van der Waals surface area contributed by atoms with Crippen LogP contribution in [-0.2, 0) is 17.6 Å². The average Bonchev–Trinajstić information content (AvgIpc) is 2.67. The molecule has 0 radical (unpaired) electrons. The molecule has 0 fully saturated rings. The van der Waals surface area contributed by atoms with E-state index < -0.39 is 6.10 Å². The topological polar surface area (TPSA) is 38.3 Å². The van der Waals surface area contributed by atoms with Crippen molar-refractivity contribution in [3.63, 3.8) is 0 Å². The summed E-state index contributed by atoms with van der Waals surface area (Å²) in [6.45, 7) is 0. The molecule has 1 amide bonds. The van der Waals surface area contributed by atoms with E-state index in [2.05, 4.69) is 35.6 Å². The number of aryl methyl sites for hydroxylation is 1. The fraction of sp³-hybridized carbons (Fsp3) is 0.136. The van der Waals surface area contributed by atoms with Crippen LogP contribution in [0.2, 0.25) is 0 Å². The molecule has 122 valence electrons. The van der Waals surface area contributed by atoms with E-state index in [1.807, 2.05) is 36.4 Å². The van der Waals surface area contributed by atoms with Gasteiger partial charge in [0.1, 0.15) is 5.75 Å². The molecule has 3 aromatic carbocycles. The number of carbonyl (C=O) groups is 1. The molecule has 1 aliphatic carbocycles. The van der Waals surface area contributed by atoms with Gasteiger partial charge in [-0.15, -0.1) is 0 Å². The Labute approximate surface area is 146 Å². The van der Waals surface area contributed by atoms with Crippen molar-refractivity contribution < 1.29 is 9.53 Å². The molecule has 3 heteroatoms. The lowest BCUT2D eigenvalue weighted by molar-refractivity contribution is -0.123. The van der Waals surface area contributed by atoms with Crippen LogP contribution in [0.4, 0.5) is 5.69 Å². The van der Waals surface area contributed by atoms with Crippen molar-refractivity contribution in [2.75, 3.05) is 5.32 Å². The van der Waals surface area contributed by atoms with Crippen molar-refractivity contribution in [3.8, 4) is 16.9 Å². The number of hydrogen-bond donors (Lipinski definition) is 1. The molecule has 0 bridgehead atoms. The lowest BCUT2D eigenvalue weighted by atomic mass is 9.82. The Bertz CT molecular complexity index is 993. The Kier molecular flexibility index (Phi) is 3.14. The highest BCUT2D eigenvalue weighted by Gasteiger charge is 2.32. The van der Waals surface area contributed by atoms with Gasteiger partial charge in [-0.25, -0.2) is 0 Å². The third-order valence-corrected chi connectivity index (χ3v) is 5.07. The molecule has 0 spiro atoms. The van der Waals surface area contributed by atoms with Crippen molar-refractivity contribution in [2.24, 2.45) is 0 Å². The number of para-hydroxylation sites is 2. The smallest absolute Gasteiger partial charge is 0.270 e. The lowest BCUT2D eigenvalue weighted by Crippen LogP contribution is -2.31. The predicted octanol–water partition coefficient (Wildman–Crippen LogP) is 4.52. The van der Waals surface area contributed by atoms with Crippen LogP contribution >= 0.6 is 0 Å². The summed E-state index contributed by atoms with van der Waals surface area (Å²) in [5.74, 6) is 0.617. The standard InChI is InChI=1S/C22H17NO2/c24-22-21(25-20-11-4-3-10-19(20)23-22)18-9-5-8-16-15-7-2-1-6-14(15)12-13-17(16)18/h1-11,21H,12-13H2,(H,23,24). The highest BCUT2D eigenvalue weighted by Crippen LogP contribution is 2.40. The van der Waals surface area contributed by atoms with Gasteiger partial charge in [0.2, 0.25) is 6.10 Å². The van der Waals surface area contributed by atoms with E-state index in [4.69, 9.17) is 4.74 Å². The van der Waals surface area contributed by atoms with Crippen LogP contribution in [0.1, 0.15) is 22.8 Å². The van der Waals surface area contributed by atoms with Crippen molar-refractivity contribution in [2.45, 2.75) is 18.9 Å². The molecule has 25 heavy (non-hydrogen) atoms. The quantitative estimate of drug-likeness (QED) is 0.713. The predicted molar refractivity (Wildman–Crippen MR) is 97.7 cm³/mol. The number of hydrogen-bond acceptors (Lipinski definition) is 2. The molecule has 0 saturated carbocycles. The molecule has 1 aliphatic heterocycles. The van der Waals surface area contributed by atoms with Gasteiger partial charge in [0.05, 0.1) is 5.69 Å². The molecule has 1 heterocycles. The number of carbonyl (C=O) groups excluding carboxylic acids is 1. The van der Waals surface area contributed by atoms with E-state index in [0.29, 0.717) is 0 Å². The summed E-state index contributed by atoms with van der Waals surface area (Å²) in [5.41, 5.74) is 6.78. The molecular weight excluding hydrogens is 310 g/mol. The first-order valence-corrected chi connectivity index (χ1v) is 8.58. The Morgan fingerprint density at radius 3 is 2.60 bits per heavy atom. The van der Waals surface area contributed by atoms with E-state index in [0.717, 1.165) is 29.8 Å². The second kappa shape index (κ2) is 5.49. The number of amides is 1. The minimum Gasteiger partial charge on any atom is -0.474 e. The van der Waals surface area contributed by atoms with E-state index in [1.165, 1.54) is 22.3 Å². The summed E-state index contributed by atoms with van der Waals surface area (Å²) in [4.78, 5) is 12.7. The van der Waals surface area contributed by atoms with Crippen LogP contribution < -0.4 is 10.1 Å². The van der Waals surface area contributed by atoms with E-state index in [9.17, 15) is 4.79 Å². The van der Waals surface area contributed by atoms with Gasteiger partial charge in [0, 0.05) is 5.56 Å². The van der Waals surface area contributed by atoms with Crippen LogP contribution in [0.5, 0.6) is 5.75 Å². The lowest BCUT2D eigenvalue weighted by Gasteiger charge is -2.29. The molecule has 0 saturated heterocycles. The Morgan fingerprint density at radius 1 is 0.840 bits per heavy atom. The van der Waals surface area contributed by atoms with Crippen molar-refractivity contribution in [1.82, 2.24) is 0 Å².